The van der Waals surface area contributed by atoms with Crippen LogP contribution in [0.15, 0.2) is 23.8 Å². The number of nitrogens with two attached hydrogens (primary N) is 1. The lowest BCUT2D eigenvalue weighted by molar-refractivity contribution is 0.722. The van der Waals surface area contributed by atoms with Crippen molar-refractivity contribution in [3.8, 4) is 0 Å². The van der Waals surface area contributed by atoms with Crippen LogP contribution in [-0.4, -0.2) is 6.54 Å². The van der Waals surface area contributed by atoms with Gasteiger partial charge in [-0.05, 0) is 11.4 Å². The Labute approximate surface area is 63.0 Å². The fourth-order valence-electron chi connectivity index (χ4n) is 0.660. The summed E-state index contributed by atoms with van der Waals surface area (Å²) in [5.41, 5.74) is 5.84. The van der Waals surface area contributed by atoms with E-state index >= 15 is 0 Å². The Hall–Kier alpha value is -0.670. The third-order valence-electron chi connectivity index (χ3n) is 1.19. The molecular weight excluding hydrogens is 149 g/mol. The monoisotopic (exact) mass is 157 g/mol. The minimum atomic E-state index is 0.261. The summed E-state index contributed by atoms with van der Waals surface area (Å²) in [6.07, 6.45) is 0.561. The highest BCUT2D eigenvalue weighted by molar-refractivity contribution is 7.11. The molecule has 0 aliphatic heterocycles. The Kier molecular flexibility index (Phi) is 2.59. The van der Waals surface area contributed by atoms with Gasteiger partial charge in [0.15, 0.2) is 0 Å². The van der Waals surface area contributed by atoms with Gasteiger partial charge in [-0.3, -0.25) is 0 Å². The van der Waals surface area contributed by atoms with Crippen LogP contribution >= 0.6 is 11.3 Å². The summed E-state index contributed by atoms with van der Waals surface area (Å²) in [7, 11) is 0. The zero-order chi connectivity index (χ0) is 7.40. The Morgan fingerprint density at radius 3 is 3.00 bits per heavy atom. The van der Waals surface area contributed by atoms with Crippen molar-refractivity contribution in [3.63, 3.8) is 0 Å². The predicted molar refractivity (Wildman–Crippen MR) is 42.5 cm³/mol. The zero-order valence-electron chi connectivity index (χ0n) is 5.38. The van der Waals surface area contributed by atoms with Crippen LogP contribution in [0.3, 0.4) is 0 Å². The number of rotatable bonds is 2. The average Bonchev–Trinajstić information content (AvgIpc) is 2.43. The van der Waals surface area contributed by atoms with Gasteiger partial charge in [-0.1, -0.05) is 6.07 Å². The summed E-state index contributed by atoms with van der Waals surface area (Å²) in [5, 5.41) is 1.90. The zero-order valence-corrected chi connectivity index (χ0v) is 6.20. The van der Waals surface area contributed by atoms with Crippen molar-refractivity contribution in [1.29, 1.82) is 0 Å². The molecule has 0 aliphatic rings. The molecule has 1 rings (SSSR count). The first-order valence-electron chi connectivity index (χ1n) is 2.91. The summed E-state index contributed by atoms with van der Waals surface area (Å²) in [4.78, 5) is 0.907. The van der Waals surface area contributed by atoms with Gasteiger partial charge in [0.25, 0.3) is 0 Å². The maximum absolute atomic E-state index is 12.0. The van der Waals surface area contributed by atoms with Crippen LogP contribution in [0.4, 0.5) is 4.39 Å². The lowest BCUT2D eigenvalue weighted by atomic mass is 10.2. The number of thiophene rings is 1. The summed E-state index contributed by atoms with van der Waals surface area (Å²) in [5.74, 6) is 0. The summed E-state index contributed by atoms with van der Waals surface area (Å²) in [6, 6.07) is 3.72. The van der Waals surface area contributed by atoms with Crippen molar-refractivity contribution in [1.82, 2.24) is 0 Å². The van der Waals surface area contributed by atoms with E-state index in [1.54, 1.807) is 0 Å². The molecule has 0 aliphatic carbocycles. The lowest BCUT2D eigenvalue weighted by Crippen LogP contribution is -1.99. The van der Waals surface area contributed by atoms with E-state index in [0.717, 1.165) is 4.88 Å². The molecule has 0 saturated carbocycles. The maximum Gasteiger partial charge on any atom is 0.0925 e. The first-order valence-corrected chi connectivity index (χ1v) is 3.79. The van der Waals surface area contributed by atoms with E-state index in [0.29, 0.717) is 11.9 Å². The molecule has 0 fully saturated rings. The molecule has 0 spiro atoms. The van der Waals surface area contributed by atoms with Crippen LogP contribution < -0.4 is 5.73 Å². The molecule has 1 nitrogen and oxygen atoms in total. The van der Waals surface area contributed by atoms with Gasteiger partial charge >= 0.3 is 0 Å². The third kappa shape index (κ3) is 1.43. The number of hydrogen-bond acceptors (Lipinski definition) is 2. The molecule has 2 N–H and O–H groups in total. The minimum Gasteiger partial charge on any atom is -0.326 e. The van der Waals surface area contributed by atoms with E-state index in [1.165, 1.54) is 11.3 Å². The second kappa shape index (κ2) is 3.49. The van der Waals surface area contributed by atoms with E-state index in [-0.39, 0.29) is 6.54 Å². The molecule has 0 aromatic carbocycles. The van der Waals surface area contributed by atoms with E-state index < -0.39 is 0 Å². The molecule has 1 heterocycles. The van der Waals surface area contributed by atoms with Gasteiger partial charge < -0.3 is 5.73 Å². The van der Waals surface area contributed by atoms with Gasteiger partial charge in [-0.15, -0.1) is 11.3 Å². The number of halogens is 1. The first kappa shape index (κ1) is 7.44. The van der Waals surface area contributed by atoms with Gasteiger partial charge in [0.05, 0.1) is 6.33 Å². The topological polar surface area (TPSA) is 26.0 Å². The van der Waals surface area contributed by atoms with Crippen LogP contribution in [0.5, 0.6) is 0 Å². The normalized spacial score (nSPS) is 12.0. The van der Waals surface area contributed by atoms with Crippen molar-refractivity contribution >= 4 is 16.9 Å². The second-order valence-corrected chi connectivity index (χ2v) is 2.76. The van der Waals surface area contributed by atoms with Gasteiger partial charge in [-0.25, -0.2) is 4.39 Å². The predicted octanol–water partition coefficient (Wildman–Crippen LogP) is 2.02. The fraction of sp³-hybridized carbons (Fsp3) is 0.143. The quantitative estimate of drug-likeness (QED) is 0.698. The van der Waals surface area contributed by atoms with E-state index in [2.05, 4.69) is 0 Å². The van der Waals surface area contributed by atoms with Crippen molar-refractivity contribution in [3.05, 3.63) is 28.7 Å². The van der Waals surface area contributed by atoms with Crippen LogP contribution in [0.25, 0.3) is 5.57 Å². The second-order valence-electron chi connectivity index (χ2n) is 1.82. The van der Waals surface area contributed by atoms with Gasteiger partial charge in [0, 0.05) is 17.0 Å². The summed E-state index contributed by atoms with van der Waals surface area (Å²) in [6.45, 7) is 0.261. The molecule has 1 aromatic heterocycles. The summed E-state index contributed by atoms with van der Waals surface area (Å²) >= 11 is 1.49. The van der Waals surface area contributed by atoms with Crippen LogP contribution in [0.1, 0.15) is 4.88 Å². The highest BCUT2D eigenvalue weighted by Crippen LogP contribution is 2.18. The SMILES string of the molecule is NC/C(=C\F)c1cccs1. The molecule has 0 amide bonds. The van der Waals surface area contributed by atoms with Crippen molar-refractivity contribution < 1.29 is 4.39 Å². The smallest absolute Gasteiger partial charge is 0.0925 e. The Balaban J connectivity index is 2.85. The standard InChI is InChI=1S/C7H8FNS/c8-4-6(5-9)7-2-1-3-10-7/h1-4H,5,9H2/b6-4+. The highest BCUT2D eigenvalue weighted by Gasteiger charge is 1.98. The van der Waals surface area contributed by atoms with Gasteiger partial charge in [-0.2, -0.15) is 0 Å². The van der Waals surface area contributed by atoms with E-state index in [9.17, 15) is 4.39 Å². The van der Waals surface area contributed by atoms with Crippen LogP contribution in [0.2, 0.25) is 0 Å². The van der Waals surface area contributed by atoms with Crippen molar-refractivity contribution in [2.24, 2.45) is 5.73 Å². The molecular formula is C7H8FNS. The van der Waals surface area contributed by atoms with Gasteiger partial charge in [0.1, 0.15) is 0 Å². The molecule has 10 heavy (non-hydrogen) atoms. The highest BCUT2D eigenvalue weighted by atomic mass is 32.1. The van der Waals surface area contributed by atoms with Crippen LogP contribution in [-0.2, 0) is 0 Å². The molecule has 0 atom stereocenters. The van der Waals surface area contributed by atoms with Gasteiger partial charge in [0.2, 0.25) is 0 Å². The fourth-order valence-corrected chi connectivity index (χ4v) is 1.40. The first-order chi connectivity index (χ1) is 4.88. The summed E-state index contributed by atoms with van der Waals surface area (Å²) < 4.78 is 12.0. The Morgan fingerprint density at radius 2 is 2.60 bits per heavy atom. The van der Waals surface area contributed by atoms with Crippen LogP contribution in [0, 0.1) is 0 Å². The minimum absolute atomic E-state index is 0.261. The molecule has 0 unspecified atom stereocenters. The van der Waals surface area contributed by atoms with E-state index in [4.69, 9.17) is 5.73 Å². The van der Waals surface area contributed by atoms with Crippen molar-refractivity contribution in [2.75, 3.05) is 6.54 Å². The Morgan fingerprint density at radius 1 is 1.80 bits per heavy atom. The number of hydrogen-bond donors (Lipinski definition) is 1. The molecule has 54 valence electrons. The lowest BCUT2D eigenvalue weighted by Gasteiger charge is -1.94. The molecule has 0 radical (unpaired) electrons. The average molecular weight is 157 g/mol. The molecule has 1 aromatic rings. The van der Waals surface area contributed by atoms with Crippen molar-refractivity contribution in [2.45, 2.75) is 0 Å². The van der Waals surface area contributed by atoms with E-state index in [1.807, 2.05) is 17.5 Å². The molecule has 0 saturated heterocycles. The third-order valence-corrected chi connectivity index (χ3v) is 2.13. The molecule has 0 bridgehead atoms. The largest absolute Gasteiger partial charge is 0.326 e. The molecule has 3 heteroatoms. The Bertz CT molecular complexity index is 216. The maximum atomic E-state index is 12.0.